The Morgan fingerprint density at radius 3 is 2.79 bits per heavy atom. The second-order valence-electron chi connectivity index (χ2n) is 6.38. The number of hydrogen-bond donors (Lipinski definition) is 2. The van der Waals surface area contributed by atoms with Gasteiger partial charge >= 0.3 is 0 Å². The summed E-state index contributed by atoms with van der Waals surface area (Å²) in [5.41, 5.74) is 6.42. The van der Waals surface area contributed by atoms with Gasteiger partial charge in [-0.25, -0.2) is 17.5 Å². The van der Waals surface area contributed by atoms with Gasteiger partial charge in [-0.1, -0.05) is 0 Å². The predicted molar refractivity (Wildman–Crippen MR) is 87.4 cm³/mol. The highest BCUT2D eigenvalue weighted by molar-refractivity contribution is 7.89. The second-order valence-corrected chi connectivity index (χ2v) is 8.09. The minimum atomic E-state index is -3.94. The number of anilines is 1. The van der Waals surface area contributed by atoms with Gasteiger partial charge < -0.3 is 10.5 Å². The zero-order valence-corrected chi connectivity index (χ0v) is 14.1. The van der Waals surface area contributed by atoms with Gasteiger partial charge in [0.25, 0.3) is 0 Å². The summed E-state index contributed by atoms with van der Waals surface area (Å²) in [6.07, 6.45) is 2.47. The Labute approximate surface area is 139 Å². The highest BCUT2D eigenvalue weighted by Crippen LogP contribution is 2.40. The molecule has 1 aromatic heterocycles. The van der Waals surface area contributed by atoms with Crippen molar-refractivity contribution >= 4 is 15.7 Å². The zero-order valence-electron chi connectivity index (χ0n) is 13.3. The van der Waals surface area contributed by atoms with Crippen LogP contribution in [0.3, 0.4) is 0 Å². The Hall–Kier alpha value is -2.19. The molecule has 0 saturated heterocycles. The monoisotopic (exact) mass is 351 g/mol. The summed E-state index contributed by atoms with van der Waals surface area (Å²) >= 11 is 0. The van der Waals surface area contributed by atoms with Gasteiger partial charge in [-0.2, -0.15) is 0 Å². The van der Waals surface area contributed by atoms with Crippen molar-refractivity contribution in [3.63, 3.8) is 0 Å². The lowest BCUT2D eigenvalue weighted by atomic mass is 9.90. The molecule has 6 nitrogen and oxygen atoms in total. The Bertz CT molecular complexity index is 884. The molecular formula is C16H18FN3O3S. The van der Waals surface area contributed by atoms with Crippen molar-refractivity contribution in [1.82, 2.24) is 9.71 Å². The maximum atomic E-state index is 13.3. The maximum Gasteiger partial charge on any atom is 0.242 e. The van der Waals surface area contributed by atoms with E-state index < -0.39 is 27.5 Å². The molecule has 0 saturated carbocycles. The molecule has 1 atom stereocenters. The lowest BCUT2D eigenvalue weighted by Gasteiger charge is -2.37. The quantitative estimate of drug-likeness (QED) is 0.828. The molecule has 2 aromatic rings. The molecule has 0 fully saturated rings. The summed E-state index contributed by atoms with van der Waals surface area (Å²) in [6.45, 7) is 3.74. The molecule has 1 aliphatic rings. The van der Waals surface area contributed by atoms with Gasteiger partial charge in [0.1, 0.15) is 22.1 Å². The van der Waals surface area contributed by atoms with Crippen LogP contribution in [0, 0.1) is 5.82 Å². The Kier molecular flexibility index (Phi) is 3.97. The fourth-order valence-electron chi connectivity index (χ4n) is 2.77. The smallest absolute Gasteiger partial charge is 0.242 e. The number of halogens is 1. The van der Waals surface area contributed by atoms with E-state index in [0.717, 1.165) is 18.5 Å². The topological polar surface area (TPSA) is 94.3 Å². The minimum Gasteiger partial charge on any atom is -0.487 e. The van der Waals surface area contributed by atoms with Crippen molar-refractivity contribution in [2.75, 3.05) is 5.73 Å². The summed E-state index contributed by atoms with van der Waals surface area (Å²) in [6, 6.07) is 5.49. The number of nitrogen functional groups attached to an aromatic ring is 1. The molecular weight excluding hydrogens is 333 g/mol. The third-order valence-corrected chi connectivity index (χ3v) is 5.22. The van der Waals surface area contributed by atoms with Crippen molar-refractivity contribution in [2.24, 2.45) is 0 Å². The van der Waals surface area contributed by atoms with E-state index in [1.165, 1.54) is 0 Å². The summed E-state index contributed by atoms with van der Waals surface area (Å²) in [5.74, 6) is -0.139. The molecule has 8 heteroatoms. The fourth-order valence-corrected chi connectivity index (χ4v) is 3.96. The van der Waals surface area contributed by atoms with Crippen molar-refractivity contribution in [2.45, 2.75) is 36.8 Å². The van der Waals surface area contributed by atoms with Crippen LogP contribution in [0.25, 0.3) is 0 Å². The molecule has 0 bridgehead atoms. The van der Waals surface area contributed by atoms with Gasteiger partial charge in [0.2, 0.25) is 10.0 Å². The van der Waals surface area contributed by atoms with Crippen LogP contribution in [0.15, 0.2) is 41.6 Å². The van der Waals surface area contributed by atoms with Crippen LogP contribution in [-0.2, 0) is 10.0 Å². The van der Waals surface area contributed by atoms with Crippen LogP contribution in [0.2, 0.25) is 0 Å². The first-order valence-electron chi connectivity index (χ1n) is 7.38. The number of nitrogens with zero attached hydrogens (tertiary/aromatic N) is 1. The van der Waals surface area contributed by atoms with Gasteiger partial charge in [0, 0.05) is 23.9 Å². The van der Waals surface area contributed by atoms with Crippen LogP contribution in [0.4, 0.5) is 10.1 Å². The molecule has 0 spiro atoms. The molecule has 1 aliphatic heterocycles. The van der Waals surface area contributed by atoms with Crippen LogP contribution >= 0.6 is 0 Å². The highest BCUT2D eigenvalue weighted by atomic mass is 32.2. The van der Waals surface area contributed by atoms with Crippen molar-refractivity contribution in [3.05, 3.63) is 48.0 Å². The van der Waals surface area contributed by atoms with E-state index in [9.17, 15) is 12.8 Å². The number of fused-ring (bicyclic) bond motifs is 1. The van der Waals surface area contributed by atoms with E-state index in [1.54, 1.807) is 18.2 Å². The average molecular weight is 351 g/mol. The average Bonchev–Trinajstić information content (AvgIpc) is 2.47. The lowest BCUT2D eigenvalue weighted by Crippen LogP contribution is -2.41. The SMILES string of the molecule is CC1(C)CC(NS(=O)(=O)c2cncc(F)c2)c2cc(N)ccc2O1. The van der Waals surface area contributed by atoms with E-state index in [0.29, 0.717) is 23.4 Å². The number of ether oxygens (including phenoxy) is 1. The Balaban J connectivity index is 1.99. The molecule has 24 heavy (non-hydrogen) atoms. The van der Waals surface area contributed by atoms with E-state index >= 15 is 0 Å². The molecule has 1 unspecified atom stereocenters. The molecule has 1 aromatic carbocycles. The molecule has 3 N–H and O–H groups in total. The van der Waals surface area contributed by atoms with E-state index in [-0.39, 0.29) is 4.90 Å². The van der Waals surface area contributed by atoms with Gasteiger partial charge in [0.15, 0.2) is 0 Å². The number of hydrogen-bond acceptors (Lipinski definition) is 5. The van der Waals surface area contributed by atoms with Gasteiger partial charge in [-0.05, 0) is 38.1 Å². The first kappa shape index (κ1) is 16.7. The summed E-state index contributed by atoms with van der Waals surface area (Å²) in [4.78, 5) is 3.37. The van der Waals surface area contributed by atoms with Crippen LogP contribution < -0.4 is 15.2 Å². The molecule has 0 radical (unpaired) electrons. The first-order valence-corrected chi connectivity index (χ1v) is 8.86. The highest BCUT2D eigenvalue weighted by Gasteiger charge is 2.36. The second kappa shape index (κ2) is 5.71. The predicted octanol–water partition coefficient (Wildman–Crippen LogP) is 2.38. The molecule has 0 amide bonds. The largest absolute Gasteiger partial charge is 0.487 e. The standard InChI is InChI=1S/C16H18FN3O3S/c1-16(2)7-14(13-6-11(18)3-4-15(13)23-16)20-24(21,22)12-5-10(17)8-19-9-12/h3-6,8-9,14,20H,7,18H2,1-2H3. The molecule has 0 aliphatic carbocycles. The van der Waals surface area contributed by atoms with Gasteiger partial charge in [-0.15, -0.1) is 0 Å². The summed E-state index contributed by atoms with van der Waals surface area (Å²) in [7, 11) is -3.94. The fraction of sp³-hybridized carbons (Fsp3) is 0.312. The summed E-state index contributed by atoms with van der Waals surface area (Å²) in [5, 5.41) is 0. The van der Waals surface area contributed by atoms with Crippen LogP contribution in [-0.4, -0.2) is 19.0 Å². The summed E-state index contributed by atoms with van der Waals surface area (Å²) < 4.78 is 46.9. The molecule has 128 valence electrons. The van der Waals surface area contributed by atoms with Crippen LogP contribution in [0.1, 0.15) is 31.9 Å². The Morgan fingerprint density at radius 2 is 2.08 bits per heavy atom. The number of aromatic nitrogens is 1. The minimum absolute atomic E-state index is 0.225. The molecule has 2 heterocycles. The van der Waals surface area contributed by atoms with E-state index in [2.05, 4.69) is 9.71 Å². The van der Waals surface area contributed by atoms with E-state index in [1.807, 2.05) is 13.8 Å². The van der Waals surface area contributed by atoms with Crippen molar-refractivity contribution in [3.8, 4) is 5.75 Å². The van der Waals surface area contributed by atoms with Gasteiger partial charge in [-0.3, -0.25) is 4.98 Å². The number of pyridine rings is 1. The van der Waals surface area contributed by atoms with Crippen molar-refractivity contribution < 1.29 is 17.5 Å². The van der Waals surface area contributed by atoms with Crippen molar-refractivity contribution in [1.29, 1.82) is 0 Å². The van der Waals surface area contributed by atoms with Gasteiger partial charge in [0.05, 0.1) is 12.2 Å². The third-order valence-electron chi connectivity index (χ3n) is 3.78. The van der Waals surface area contributed by atoms with E-state index in [4.69, 9.17) is 10.5 Å². The number of rotatable bonds is 3. The number of sulfonamides is 1. The third kappa shape index (κ3) is 3.34. The van der Waals surface area contributed by atoms with Crippen LogP contribution in [0.5, 0.6) is 5.75 Å². The normalized spacial score (nSPS) is 19.4. The Morgan fingerprint density at radius 1 is 1.33 bits per heavy atom. The number of nitrogens with one attached hydrogen (secondary N) is 1. The molecule has 3 rings (SSSR count). The number of benzene rings is 1. The maximum absolute atomic E-state index is 13.3. The number of nitrogens with two attached hydrogens (primary N) is 1. The zero-order chi connectivity index (χ0) is 17.5. The first-order chi connectivity index (χ1) is 11.2. The lowest BCUT2D eigenvalue weighted by molar-refractivity contribution is 0.0702.